The topological polar surface area (TPSA) is 86.8 Å². The lowest BCUT2D eigenvalue weighted by Gasteiger charge is -2.32. The minimum Gasteiger partial charge on any atom is -0.352 e. The number of hydrogen-bond acceptors (Lipinski definition) is 4. The predicted molar refractivity (Wildman–Crippen MR) is 132 cm³/mol. The van der Waals surface area contributed by atoms with Gasteiger partial charge in [-0.3, -0.25) is 13.9 Å². The maximum Gasteiger partial charge on any atom is 0.244 e. The molecule has 0 saturated carbocycles. The van der Waals surface area contributed by atoms with E-state index in [1.807, 2.05) is 64.1 Å². The zero-order valence-corrected chi connectivity index (χ0v) is 21.1. The second kappa shape index (κ2) is 11.3. The van der Waals surface area contributed by atoms with Crippen molar-refractivity contribution in [3.05, 3.63) is 65.2 Å². The number of nitrogens with zero attached hydrogens (tertiary/aromatic N) is 2. The highest BCUT2D eigenvalue weighted by Gasteiger charge is 2.30. The van der Waals surface area contributed by atoms with Gasteiger partial charge in [-0.1, -0.05) is 43.3 Å². The van der Waals surface area contributed by atoms with E-state index in [-0.39, 0.29) is 18.5 Å². The third-order valence-corrected chi connectivity index (χ3v) is 6.96. The van der Waals surface area contributed by atoms with Gasteiger partial charge in [0.2, 0.25) is 21.8 Å². The van der Waals surface area contributed by atoms with Crippen LogP contribution in [0.1, 0.15) is 43.9 Å². The van der Waals surface area contributed by atoms with Gasteiger partial charge in [-0.2, -0.15) is 0 Å². The van der Waals surface area contributed by atoms with E-state index in [2.05, 4.69) is 5.32 Å². The number of aryl methyl sites for hydroxylation is 2. The Bertz CT molecular complexity index is 1070. The van der Waals surface area contributed by atoms with Crippen LogP contribution in [0.25, 0.3) is 0 Å². The summed E-state index contributed by atoms with van der Waals surface area (Å²) < 4.78 is 26.3. The Morgan fingerprint density at radius 1 is 1.00 bits per heavy atom. The molecule has 0 unspecified atom stereocenters. The summed E-state index contributed by atoms with van der Waals surface area (Å²) in [5.41, 5.74) is 3.23. The number of carbonyl (C=O) groups is 2. The van der Waals surface area contributed by atoms with Crippen molar-refractivity contribution in [3.63, 3.8) is 0 Å². The normalized spacial score (nSPS) is 13.2. The lowest BCUT2D eigenvalue weighted by atomic mass is 10.1. The quantitative estimate of drug-likeness (QED) is 0.573. The number of rotatable bonds is 10. The van der Waals surface area contributed by atoms with Crippen molar-refractivity contribution in [2.45, 2.75) is 59.7 Å². The van der Waals surface area contributed by atoms with E-state index in [9.17, 15) is 18.0 Å². The van der Waals surface area contributed by atoms with Crippen molar-refractivity contribution < 1.29 is 18.0 Å². The molecule has 180 valence electrons. The largest absolute Gasteiger partial charge is 0.352 e. The molecule has 1 N–H and O–H groups in total. The number of sulfonamides is 1. The van der Waals surface area contributed by atoms with Crippen molar-refractivity contribution in [2.75, 3.05) is 17.1 Å². The van der Waals surface area contributed by atoms with Gasteiger partial charge in [-0.15, -0.1) is 0 Å². The number of anilines is 1. The Labute approximate surface area is 197 Å². The molecule has 2 amide bonds. The van der Waals surface area contributed by atoms with Crippen LogP contribution >= 0.6 is 0 Å². The molecule has 33 heavy (non-hydrogen) atoms. The van der Waals surface area contributed by atoms with Crippen molar-refractivity contribution in [1.82, 2.24) is 10.2 Å². The second-order valence-corrected chi connectivity index (χ2v) is 10.4. The fraction of sp³-hybridized carbons (Fsp3) is 0.440. The van der Waals surface area contributed by atoms with Gasteiger partial charge in [-0.05, 0) is 62.9 Å². The Morgan fingerprint density at radius 3 is 2.18 bits per heavy atom. The molecule has 0 radical (unpaired) electrons. The number of benzene rings is 2. The molecule has 0 aromatic heterocycles. The van der Waals surface area contributed by atoms with Gasteiger partial charge < -0.3 is 10.2 Å². The van der Waals surface area contributed by atoms with Crippen molar-refractivity contribution in [2.24, 2.45) is 0 Å². The van der Waals surface area contributed by atoms with Crippen LogP contribution in [-0.2, 0) is 26.2 Å². The van der Waals surface area contributed by atoms with Crippen LogP contribution in [0.15, 0.2) is 48.5 Å². The predicted octanol–water partition coefficient (Wildman–Crippen LogP) is 3.40. The molecule has 0 aliphatic rings. The molecule has 0 aliphatic carbocycles. The van der Waals surface area contributed by atoms with Gasteiger partial charge in [0.1, 0.15) is 12.6 Å². The van der Waals surface area contributed by atoms with Crippen molar-refractivity contribution >= 4 is 27.5 Å². The van der Waals surface area contributed by atoms with Gasteiger partial charge >= 0.3 is 0 Å². The molecule has 0 bridgehead atoms. The first-order valence-corrected chi connectivity index (χ1v) is 13.0. The third-order valence-electron chi connectivity index (χ3n) is 5.82. The Kier molecular flexibility index (Phi) is 9.05. The smallest absolute Gasteiger partial charge is 0.244 e. The molecule has 2 aromatic carbocycles. The third kappa shape index (κ3) is 7.32. The minimum atomic E-state index is -3.73. The average molecular weight is 474 g/mol. The zero-order valence-electron chi connectivity index (χ0n) is 20.3. The zero-order chi connectivity index (χ0) is 24.8. The summed E-state index contributed by atoms with van der Waals surface area (Å²) in [6.45, 7) is 9.17. The van der Waals surface area contributed by atoms with Gasteiger partial charge in [0.05, 0.1) is 11.9 Å². The summed E-state index contributed by atoms with van der Waals surface area (Å²) in [5, 5.41) is 2.91. The first-order valence-electron chi connectivity index (χ1n) is 11.1. The van der Waals surface area contributed by atoms with E-state index in [1.165, 1.54) is 4.90 Å². The Hall–Kier alpha value is -2.87. The highest BCUT2D eigenvalue weighted by atomic mass is 32.2. The summed E-state index contributed by atoms with van der Waals surface area (Å²) in [5.74, 6) is -0.722. The molecule has 0 aliphatic heterocycles. The average Bonchev–Trinajstić information content (AvgIpc) is 2.76. The first-order chi connectivity index (χ1) is 15.4. The number of hydrogen-bond donors (Lipinski definition) is 1. The van der Waals surface area contributed by atoms with E-state index in [1.54, 1.807) is 19.1 Å². The lowest BCUT2D eigenvalue weighted by Crippen LogP contribution is -2.52. The molecule has 8 heteroatoms. The van der Waals surface area contributed by atoms with Gasteiger partial charge in [0.15, 0.2) is 0 Å². The van der Waals surface area contributed by atoms with Crippen molar-refractivity contribution in [3.8, 4) is 0 Å². The summed E-state index contributed by atoms with van der Waals surface area (Å²) in [6.07, 6.45) is 1.84. The molecule has 0 heterocycles. The van der Waals surface area contributed by atoms with E-state index >= 15 is 0 Å². The van der Waals surface area contributed by atoms with Crippen LogP contribution in [0.2, 0.25) is 0 Å². The minimum absolute atomic E-state index is 0.0309. The van der Waals surface area contributed by atoms with Crippen LogP contribution < -0.4 is 9.62 Å². The standard InChI is InChI=1S/C25H35N3O4S/c1-7-20(4)26-25(30)21(5)27(16-22-11-9-8-10-12-22)24(29)17-28(33(6,31)32)23-14-13-18(2)19(3)15-23/h8-15,20-21H,7,16-17H2,1-6H3,(H,26,30)/t20-,21+/m1/s1. The molecular formula is C25H35N3O4S. The highest BCUT2D eigenvalue weighted by molar-refractivity contribution is 7.92. The van der Waals surface area contributed by atoms with E-state index < -0.39 is 28.5 Å². The summed E-state index contributed by atoms with van der Waals surface area (Å²) in [4.78, 5) is 27.8. The Balaban J connectivity index is 2.38. The van der Waals surface area contributed by atoms with Gasteiger partial charge in [0.25, 0.3) is 0 Å². The van der Waals surface area contributed by atoms with E-state index in [4.69, 9.17) is 0 Å². The molecule has 0 saturated heterocycles. The molecule has 2 rings (SSSR count). The van der Waals surface area contributed by atoms with Crippen LogP contribution in [0.5, 0.6) is 0 Å². The molecule has 2 aromatic rings. The summed E-state index contributed by atoms with van der Waals surface area (Å²) >= 11 is 0. The highest BCUT2D eigenvalue weighted by Crippen LogP contribution is 2.22. The van der Waals surface area contributed by atoms with E-state index in [0.717, 1.165) is 33.7 Å². The molecule has 0 spiro atoms. The SMILES string of the molecule is CC[C@@H](C)NC(=O)[C@H](C)N(Cc1ccccc1)C(=O)CN(c1ccc(C)c(C)c1)S(C)(=O)=O. The molecular weight excluding hydrogens is 438 g/mol. The molecule has 0 fully saturated rings. The van der Waals surface area contributed by atoms with Crippen LogP contribution in [-0.4, -0.2) is 50.0 Å². The Morgan fingerprint density at radius 2 is 1.64 bits per heavy atom. The second-order valence-electron chi connectivity index (χ2n) is 8.54. The fourth-order valence-electron chi connectivity index (χ4n) is 3.32. The van der Waals surface area contributed by atoms with Gasteiger partial charge in [0, 0.05) is 12.6 Å². The first kappa shape index (κ1) is 26.4. The fourth-order valence-corrected chi connectivity index (χ4v) is 4.16. The van der Waals surface area contributed by atoms with Crippen LogP contribution in [0.3, 0.4) is 0 Å². The summed E-state index contributed by atoms with van der Waals surface area (Å²) in [7, 11) is -3.73. The van der Waals surface area contributed by atoms with Gasteiger partial charge in [-0.25, -0.2) is 8.42 Å². The lowest BCUT2D eigenvalue weighted by molar-refractivity contribution is -0.139. The number of carbonyl (C=O) groups excluding carboxylic acids is 2. The molecule has 7 nitrogen and oxygen atoms in total. The molecule has 2 atom stereocenters. The number of amides is 2. The van der Waals surface area contributed by atoms with E-state index in [0.29, 0.717) is 5.69 Å². The maximum atomic E-state index is 13.5. The van der Waals surface area contributed by atoms with Crippen LogP contribution in [0, 0.1) is 13.8 Å². The van der Waals surface area contributed by atoms with Crippen LogP contribution in [0.4, 0.5) is 5.69 Å². The monoisotopic (exact) mass is 473 g/mol. The van der Waals surface area contributed by atoms with Crippen molar-refractivity contribution in [1.29, 1.82) is 0 Å². The maximum absolute atomic E-state index is 13.5. The number of nitrogens with one attached hydrogen (secondary N) is 1. The summed E-state index contributed by atoms with van der Waals surface area (Å²) in [6, 6.07) is 13.8.